The summed E-state index contributed by atoms with van der Waals surface area (Å²) < 4.78 is 89.4. The van der Waals surface area contributed by atoms with Gasteiger partial charge >= 0.3 is 35.1 Å². The molecule has 0 amide bonds. The molecule has 20 heteroatoms. The van der Waals surface area contributed by atoms with Crippen molar-refractivity contribution >= 4 is 22.7 Å². The van der Waals surface area contributed by atoms with Gasteiger partial charge in [0.2, 0.25) is 0 Å². The van der Waals surface area contributed by atoms with Crippen LogP contribution in [0.3, 0.4) is 0 Å². The lowest BCUT2D eigenvalue weighted by Gasteiger charge is -2.15. The van der Waals surface area contributed by atoms with Crippen LogP contribution in [0, 0.1) is 47.4 Å². The molecule has 41 heavy (non-hydrogen) atoms. The number of hydrogen-bond acceptors (Lipinski definition) is 10. The van der Waals surface area contributed by atoms with Crippen molar-refractivity contribution in [3.05, 3.63) is 99.6 Å². The van der Waals surface area contributed by atoms with Gasteiger partial charge in [-0.15, -0.1) is 0 Å². The Labute approximate surface area is 220 Å². The largest absolute Gasteiger partial charge is 0.444 e. The van der Waals surface area contributed by atoms with E-state index in [-0.39, 0.29) is 29.8 Å². The molecule has 3 aromatic carbocycles. The van der Waals surface area contributed by atoms with Gasteiger partial charge in [-0.25, -0.2) is 0 Å². The quantitative estimate of drug-likeness (QED) is 0.146. The zero-order valence-electron chi connectivity index (χ0n) is 19.7. The molecule has 0 N–H and O–H groups in total. The molecular formula is C21H10F6N4O10. The Hall–Kier alpha value is -5.56. The summed E-state index contributed by atoms with van der Waals surface area (Å²) in [7, 11) is 0. The molecule has 0 saturated heterocycles. The van der Waals surface area contributed by atoms with E-state index in [0.29, 0.717) is 0 Å². The van der Waals surface area contributed by atoms with Gasteiger partial charge in [0, 0.05) is 29.8 Å². The number of nitro benzene ring substituents is 4. The predicted molar refractivity (Wildman–Crippen MR) is 121 cm³/mol. The van der Waals surface area contributed by atoms with Crippen molar-refractivity contribution in [1.29, 1.82) is 0 Å². The van der Waals surface area contributed by atoms with Crippen LogP contribution in [0.15, 0.2) is 42.5 Å². The minimum Gasteiger partial charge on any atom is -0.444 e. The summed E-state index contributed by atoms with van der Waals surface area (Å²) in [6.45, 7) is 1.08. The summed E-state index contributed by atoms with van der Waals surface area (Å²) in [6.07, 6.45) is -10.4. The normalized spacial score (nSPS) is 11.6. The van der Waals surface area contributed by atoms with Crippen LogP contribution in [-0.2, 0) is 12.4 Å². The van der Waals surface area contributed by atoms with Crippen LogP contribution in [0.5, 0.6) is 23.0 Å². The third-order valence-corrected chi connectivity index (χ3v) is 5.20. The van der Waals surface area contributed by atoms with Gasteiger partial charge in [-0.05, 0) is 19.1 Å². The Morgan fingerprint density at radius 1 is 0.585 bits per heavy atom. The van der Waals surface area contributed by atoms with Crippen LogP contribution < -0.4 is 9.47 Å². The van der Waals surface area contributed by atoms with E-state index >= 15 is 0 Å². The molecule has 0 aliphatic carbocycles. The summed E-state index contributed by atoms with van der Waals surface area (Å²) in [6, 6.07) is 2.91. The Morgan fingerprint density at radius 3 is 1.07 bits per heavy atom. The molecule has 0 bridgehead atoms. The SMILES string of the molecule is Cc1c(Oc2c([N+](=O)[O-])cc(C(F)(F)F)cc2[N+](=O)[O-])cccc1Oc1c([N+](=O)[O-])cc(C(F)(F)F)cc1[N+](=O)[O-]. The molecule has 0 saturated carbocycles. The summed E-state index contributed by atoms with van der Waals surface area (Å²) in [5.41, 5.74) is -9.66. The second kappa shape index (κ2) is 10.5. The number of benzene rings is 3. The van der Waals surface area contributed by atoms with Gasteiger partial charge < -0.3 is 9.47 Å². The van der Waals surface area contributed by atoms with E-state index in [1.165, 1.54) is 0 Å². The number of ether oxygens (including phenoxy) is 2. The fourth-order valence-electron chi connectivity index (χ4n) is 3.31. The Balaban J connectivity index is 2.19. The van der Waals surface area contributed by atoms with E-state index in [9.17, 15) is 66.8 Å². The van der Waals surface area contributed by atoms with Crippen molar-refractivity contribution in [3.8, 4) is 23.0 Å². The molecule has 0 spiro atoms. The molecule has 216 valence electrons. The smallest absolute Gasteiger partial charge is 0.416 e. The highest BCUT2D eigenvalue weighted by Crippen LogP contribution is 2.48. The molecule has 0 atom stereocenters. The van der Waals surface area contributed by atoms with Crippen molar-refractivity contribution in [2.24, 2.45) is 0 Å². The second-order valence-corrected chi connectivity index (χ2v) is 7.79. The van der Waals surface area contributed by atoms with E-state index < -0.39 is 88.9 Å². The molecule has 0 unspecified atom stereocenters. The van der Waals surface area contributed by atoms with E-state index in [4.69, 9.17) is 9.47 Å². The first-order chi connectivity index (χ1) is 18.8. The van der Waals surface area contributed by atoms with Gasteiger partial charge in [0.05, 0.1) is 30.8 Å². The Morgan fingerprint density at radius 2 is 0.854 bits per heavy atom. The van der Waals surface area contributed by atoms with Crippen LogP contribution >= 0.6 is 0 Å². The zero-order valence-corrected chi connectivity index (χ0v) is 19.7. The van der Waals surface area contributed by atoms with Crippen molar-refractivity contribution < 1.29 is 55.5 Å². The average molecular weight is 592 g/mol. The average Bonchev–Trinajstić information content (AvgIpc) is 2.84. The molecule has 0 aromatic heterocycles. The Bertz CT molecular complexity index is 1420. The van der Waals surface area contributed by atoms with E-state index in [0.717, 1.165) is 25.1 Å². The lowest BCUT2D eigenvalue weighted by molar-refractivity contribution is -0.396. The van der Waals surface area contributed by atoms with Gasteiger partial charge in [-0.2, -0.15) is 26.3 Å². The molecule has 0 heterocycles. The molecule has 3 aromatic rings. The standard InChI is InChI=1S/C21H10F6N4O10/c1-9-16(40-18-12(28(32)33)5-10(20(22,23)24)6-13(18)29(34)35)3-2-4-17(9)41-19-14(30(36)37)7-11(21(25,26)27)8-15(19)31(38)39/h2-8H,1H3. The van der Waals surface area contributed by atoms with E-state index in [1.54, 1.807) is 0 Å². The predicted octanol–water partition coefficient (Wildman–Crippen LogP) is 7.25. The molecule has 0 aliphatic rings. The first-order valence-electron chi connectivity index (χ1n) is 10.4. The number of nitrogens with zero attached hydrogens (tertiary/aromatic N) is 4. The van der Waals surface area contributed by atoms with Gasteiger partial charge in [0.15, 0.2) is 0 Å². The van der Waals surface area contributed by atoms with Gasteiger partial charge in [0.1, 0.15) is 11.5 Å². The van der Waals surface area contributed by atoms with Crippen LogP contribution in [0.2, 0.25) is 0 Å². The third-order valence-electron chi connectivity index (χ3n) is 5.20. The fourth-order valence-corrected chi connectivity index (χ4v) is 3.31. The number of alkyl halides is 6. The van der Waals surface area contributed by atoms with Crippen molar-refractivity contribution in [3.63, 3.8) is 0 Å². The number of hydrogen-bond donors (Lipinski definition) is 0. The summed E-state index contributed by atoms with van der Waals surface area (Å²) in [5, 5.41) is 45.9. The van der Waals surface area contributed by atoms with Crippen molar-refractivity contribution in [2.75, 3.05) is 0 Å². The van der Waals surface area contributed by atoms with E-state index in [2.05, 4.69) is 0 Å². The van der Waals surface area contributed by atoms with E-state index in [1.807, 2.05) is 0 Å². The maximum absolute atomic E-state index is 13.2. The third kappa shape index (κ3) is 6.20. The second-order valence-electron chi connectivity index (χ2n) is 7.79. The maximum atomic E-state index is 13.2. The molecule has 0 radical (unpaired) electrons. The van der Waals surface area contributed by atoms with Crippen LogP contribution in [0.25, 0.3) is 0 Å². The van der Waals surface area contributed by atoms with Crippen LogP contribution in [0.1, 0.15) is 16.7 Å². The first kappa shape index (κ1) is 30.0. The van der Waals surface area contributed by atoms with Crippen molar-refractivity contribution in [2.45, 2.75) is 19.3 Å². The molecule has 0 fully saturated rings. The summed E-state index contributed by atoms with van der Waals surface area (Å²) in [4.78, 5) is 40.3. The highest BCUT2D eigenvalue weighted by molar-refractivity contribution is 5.66. The fraction of sp³-hybridized carbons (Fsp3) is 0.143. The topological polar surface area (TPSA) is 191 Å². The van der Waals surface area contributed by atoms with Crippen molar-refractivity contribution in [1.82, 2.24) is 0 Å². The molecule has 3 rings (SSSR count). The maximum Gasteiger partial charge on any atom is 0.416 e. The first-order valence-corrected chi connectivity index (χ1v) is 10.4. The zero-order chi connectivity index (χ0) is 31.0. The molecule has 0 aliphatic heterocycles. The van der Waals surface area contributed by atoms with Gasteiger partial charge in [-0.1, -0.05) is 6.07 Å². The lowest BCUT2D eigenvalue weighted by atomic mass is 10.1. The number of rotatable bonds is 8. The highest BCUT2D eigenvalue weighted by Gasteiger charge is 2.40. The molecular weight excluding hydrogens is 582 g/mol. The minimum absolute atomic E-state index is 0.0209. The molecule has 14 nitrogen and oxygen atoms in total. The lowest BCUT2D eigenvalue weighted by Crippen LogP contribution is -2.09. The number of nitro groups is 4. The van der Waals surface area contributed by atoms with Gasteiger partial charge in [-0.3, -0.25) is 40.5 Å². The van der Waals surface area contributed by atoms with Crippen LogP contribution in [-0.4, -0.2) is 19.7 Å². The van der Waals surface area contributed by atoms with Crippen LogP contribution in [0.4, 0.5) is 49.1 Å². The number of halogens is 6. The summed E-state index contributed by atoms with van der Waals surface area (Å²) >= 11 is 0. The minimum atomic E-state index is -5.22. The monoisotopic (exact) mass is 592 g/mol. The summed E-state index contributed by atoms with van der Waals surface area (Å²) in [5.74, 6) is -3.63. The van der Waals surface area contributed by atoms with Gasteiger partial charge in [0.25, 0.3) is 11.5 Å². The Kier molecular flexibility index (Phi) is 7.71. The highest BCUT2D eigenvalue weighted by atomic mass is 19.4.